The molecular weight excluding hydrogens is 450 g/mol. The highest BCUT2D eigenvalue weighted by Gasteiger charge is 2.30. The number of rotatable bonds is 9. The number of pyridine rings is 1. The van der Waals surface area contributed by atoms with Crippen LogP contribution in [0.1, 0.15) is 18.4 Å². The third-order valence-electron chi connectivity index (χ3n) is 7.11. The van der Waals surface area contributed by atoms with Crippen molar-refractivity contribution in [3.63, 3.8) is 0 Å². The van der Waals surface area contributed by atoms with E-state index in [2.05, 4.69) is 67.6 Å². The van der Waals surface area contributed by atoms with E-state index in [-0.39, 0.29) is 0 Å². The van der Waals surface area contributed by atoms with Gasteiger partial charge in [0.1, 0.15) is 17.7 Å². The molecule has 2 N–H and O–H groups in total. The van der Waals surface area contributed by atoms with E-state index < -0.39 is 0 Å². The first-order valence-electron chi connectivity index (χ1n) is 12.8. The molecule has 4 heterocycles. The molecule has 0 atom stereocenters. The van der Waals surface area contributed by atoms with E-state index in [0.717, 1.165) is 86.9 Å². The number of nitrogens with zero attached hydrogens (tertiary/aromatic N) is 7. The number of hydrogen-bond acceptors (Lipinski definition) is 9. The van der Waals surface area contributed by atoms with E-state index in [4.69, 9.17) is 10.2 Å². The van der Waals surface area contributed by atoms with E-state index >= 15 is 0 Å². The quantitative estimate of drug-likeness (QED) is 0.474. The molecule has 3 aromatic rings. The Morgan fingerprint density at radius 2 is 1.83 bits per heavy atom. The summed E-state index contributed by atoms with van der Waals surface area (Å²) in [6.45, 7) is 7.31. The molecule has 2 aliphatic rings. The van der Waals surface area contributed by atoms with Gasteiger partial charge in [-0.15, -0.1) is 0 Å². The molecule has 0 bridgehead atoms. The van der Waals surface area contributed by atoms with Crippen molar-refractivity contribution in [2.45, 2.75) is 18.9 Å². The lowest BCUT2D eigenvalue weighted by atomic mass is 9.96. The van der Waals surface area contributed by atoms with Crippen LogP contribution in [0.2, 0.25) is 0 Å². The predicted molar refractivity (Wildman–Crippen MR) is 144 cm³/mol. The lowest BCUT2D eigenvalue weighted by Crippen LogP contribution is -2.53. The van der Waals surface area contributed by atoms with Crippen molar-refractivity contribution in [2.75, 3.05) is 75.4 Å². The van der Waals surface area contributed by atoms with Gasteiger partial charge in [-0.1, -0.05) is 0 Å². The minimum absolute atomic E-state index is 0.392. The van der Waals surface area contributed by atoms with Crippen LogP contribution in [0.5, 0.6) is 0 Å². The molecule has 9 nitrogen and oxygen atoms in total. The average Bonchev–Trinajstić information content (AvgIpc) is 2.87. The van der Waals surface area contributed by atoms with Crippen molar-refractivity contribution in [1.29, 1.82) is 5.26 Å². The molecular formula is C27H35N9. The zero-order chi connectivity index (χ0) is 24.9. The SMILES string of the molecule is CN(C)CCNc1ccc2ncnc(NC3CCN(CC4CN(c5ccc(C#N)cc5)C4)CC3)c2n1. The number of fused-ring (bicyclic) bond motifs is 1. The van der Waals surface area contributed by atoms with E-state index in [1.807, 2.05) is 24.3 Å². The first-order valence-corrected chi connectivity index (χ1v) is 12.8. The van der Waals surface area contributed by atoms with E-state index in [9.17, 15) is 0 Å². The summed E-state index contributed by atoms with van der Waals surface area (Å²) in [6.07, 6.45) is 3.81. The summed E-state index contributed by atoms with van der Waals surface area (Å²) < 4.78 is 0. The molecule has 0 unspecified atom stereocenters. The van der Waals surface area contributed by atoms with Gasteiger partial charge in [0.15, 0.2) is 5.82 Å². The molecule has 5 rings (SSSR count). The predicted octanol–water partition coefficient (Wildman–Crippen LogP) is 2.88. The summed E-state index contributed by atoms with van der Waals surface area (Å²) in [6, 6.07) is 14.5. The standard InChI is InChI=1S/C27H35N9/c1-34(2)14-11-29-25-8-7-24-26(33-25)27(31-19-30-24)32-22-9-12-35(13-10-22)16-21-17-36(18-21)23-5-3-20(15-28)4-6-23/h3-8,19,21-22H,9-14,16-18H2,1-2H3,(H,29,33)(H,30,31,32). The number of piperidine rings is 1. The van der Waals surface area contributed by atoms with Crippen LogP contribution in [0, 0.1) is 17.2 Å². The molecule has 36 heavy (non-hydrogen) atoms. The van der Waals surface area contributed by atoms with Crippen molar-refractivity contribution in [2.24, 2.45) is 5.92 Å². The minimum atomic E-state index is 0.392. The number of hydrogen-bond donors (Lipinski definition) is 2. The van der Waals surface area contributed by atoms with Gasteiger partial charge >= 0.3 is 0 Å². The van der Waals surface area contributed by atoms with Gasteiger partial charge in [0.25, 0.3) is 0 Å². The first kappa shape index (κ1) is 24.2. The largest absolute Gasteiger partial charge is 0.371 e. The molecule has 0 saturated carbocycles. The highest BCUT2D eigenvalue weighted by atomic mass is 15.2. The van der Waals surface area contributed by atoms with Crippen molar-refractivity contribution < 1.29 is 0 Å². The number of likely N-dealkylation sites (tertiary alicyclic amines) is 1. The average molecular weight is 486 g/mol. The second-order valence-electron chi connectivity index (χ2n) is 10.2. The van der Waals surface area contributed by atoms with E-state index in [0.29, 0.717) is 12.0 Å². The van der Waals surface area contributed by atoms with Gasteiger partial charge in [-0.3, -0.25) is 0 Å². The Balaban J connectivity index is 1.10. The number of anilines is 3. The summed E-state index contributed by atoms with van der Waals surface area (Å²) in [7, 11) is 4.13. The minimum Gasteiger partial charge on any atom is -0.371 e. The smallest absolute Gasteiger partial charge is 0.156 e. The number of nitrogens with one attached hydrogen (secondary N) is 2. The van der Waals surface area contributed by atoms with Gasteiger partial charge in [0.2, 0.25) is 0 Å². The molecule has 2 saturated heterocycles. The lowest BCUT2D eigenvalue weighted by Gasteiger charge is -2.44. The number of benzene rings is 1. The Kier molecular flexibility index (Phi) is 7.44. The molecule has 0 spiro atoms. The highest BCUT2D eigenvalue weighted by Crippen LogP contribution is 2.27. The molecule has 0 aliphatic carbocycles. The van der Waals surface area contributed by atoms with Crippen LogP contribution in [0.3, 0.4) is 0 Å². The van der Waals surface area contributed by atoms with E-state index in [1.165, 1.54) is 5.69 Å². The van der Waals surface area contributed by atoms with Crippen LogP contribution in [0.15, 0.2) is 42.7 Å². The third kappa shape index (κ3) is 5.83. The number of likely N-dealkylation sites (N-methyl/N-ethyl adjacent to an activating group) is 1. The van der Waals surface area contributed by atoms with Gasteiger partial charge in [0.05, 0.1) is 17.1 Å². The Morgan fingerprint density at radius 3 is 2.56 bits per heavy atom. The molecule has 2 fully saturated rings. The topological polar surface area (TPSA) is 96.2 Å². The summed E-state index contributed by atoms with van der Waals surface area (Å²) >= 11 is 0. The lowest BCUT2D eigenvalue weighted by molar-refractivity contribution is 0.174. The normalized spacial score (nSPS) is 17.2. The van der Waals surface area contributed by atoms with Gasteiger partial charge in [-0.25, -0.2) is 15.0 Å². The number of aromatic nitrogens is 3. The Labute approximate surface area is 213 Å². The molecule has 2 aliphatic heterocycles. The maximum Gasteiger partial charge on any atom is 0.156 e. The maximum absolute atomic E-state index is 8.98. The van der Waals surface area contributed by atoms with Crippen LogP contribution in [-0.4, -0.2) is 90.7 Å². The zero-order valence-electron chi connectivity index (χ0n) is 21.2. The van der Waals surface area contributed by atoms with E-state index in [1.54, 1.807) is 6.33 Å². The van der Waals surface area contributed by atoms with Crippen molar-refractivity contribution in [3.05, 3.63) is 48.3 Å². The maximum atomic E-state index is 8.98. The van der Waals surface area contributed by atoms with Gasteiger partial charge in [0, 0.05) is 63.5 Å². The van der Waals surface area contributed by atoms with Crippen molar-refractivity contribution in [3.8, 4) is 6.07 Å². The molecule has 1 aromatic carbocycles. The Bertz CT molecular complexity index is 1190. The summed E-state index contributed by atoms with van der Waals surface area (Å²) in [5, 5.41) is 16.0. The van der Waals surface area contributed by atoms with Gasteiger partial charge in [-0.05, 0) is 63.3 Å². The van der Waals surface area contributed by atoms with Gasteiger partial charge < -0.3 is 25.3 Å². The molecule has 188 valence electrons. The summed E-state index contributed by atoms with van der Waals surface area (Å²) in [4.78, 5) is 20.9. The van der Waals surface area contributed by atoms with Crippen LogP contribution < -0.4 is 15.5 Å². The van der Waals surface area contributed by atoms with Crippen LogP contribution in [0.25, 0.3) is 11.0 Å². The zero-order valence-corrected chi connectivity index (χ0v) is 21.2. The van der Waals surface area contributed by atoms with Crippen LogP contribution in [-0.2, 0) is 0 Å². The fourth-order valence-electron chi connectivity index (χ4n) is 5.01. The fraction of sp³-hybridized carbons (Fsp3) is 0.481. The Hall–Kier alpha value is -3.48. The molecule has 9 heteroatoms. The van der Waals surface area contributed by atoms with Crippen molar-refractivity contribution in [1.82, 2.24) is 24.8 Å². The highest BCUT2D eigenvalue weighted by molar-refractivity contribution is 5.86. The second kappa shape index (κ2) is 11.1. The fourth-order valence-corrected chi connectivity index (χ4v) is 5.01. The summed E-state index contributed by atoms with van der Waals surface area (Å²) in [5.74, 6) is 2.39. The molecule has 0 radical (unpaired) electrons. The van der Waals surface area contributed by atoms with Crippen LogP contribution >= 0.6 is 0 Å². The van der Waals surface area contributed by atoms with Crippen LogP contribution in [0.4, 0.5) is 17.3 Å². The number of nitriles is 1. The monoisotopic (exact) mass is 485 g/mol. The molecule has 0 amide bonds. The molecule has 2 aromatic heterocycles. The first-order chi connectivity index (χ1) is 17.6. The van der Waals surface area contributed by atoms with Crippen molar-refractivity contribution >= 4 is 28.4 Å². The summed E-state index contributed by atoms with van der Waals surface area (Å²) in [5.41, 5.74) is 3.62. The second-order valence-corrected chi connectivity index (χ2v) is 10.2. The van der Waals surface area contributed by atoms with Gasteiger partial charge in [-0.2, -0.15) is 5.26 Å². The Morgan fingerprint density at radius 1 is 1.06 bits per heavy atom. The third-order valence-corrected chi connectivity index (χ3v) is 7.11.